The minimum Gasteiger partial charge on any atom is -0.361 e. The lowest BCUT2D eigenvalue weighted by Gasteiger charge is -2.05. The van der Waals surface area contributed by atoms with Gasteiger partial charge in [0.1, 0.15) is 11.9 Å². The van der Waals surface area contributed by atoms with Gasteiger partial charge in [-0.1, -0.05) is 6.08 Å². The standard InChI is InChI=1S/C11H12N4O/c1-2-5-13-11(16)8-15-10-4-3-9(6-12)7-14-10/h2-4,7H,1,5,8H2,(H,13,16)(H,14,15). The highest BCUT2D eigenvalue weighted by atomic mass is 16.1. The van der Waals surface area contributed by atoms with E-state index in [-0.39, 0.29) is 12.5 Å². The van der Waals surface area contributed by atoms with E-state index in [1.54, 1.807) is 18.2 Å². The molecule has 0 fully saturated rings. The lowest BCUT2D eigenvalue weighted by molar-refractivity contribution is -0.119. The number of hydrogen-bond donors (Lipinski definition) is 2. The molecule has 0 unspecified atom stereocenters. The van der Waals surface area contributed by atoms with Crippen molar-refractivity contribution in [3.05, 3.63) is 36.5 Å². The van der Waals surface area contributed by atoms with E-state index in [4.69, 9.17) is 5.26 Å². The van der Waals surface area contributed by atoms with Gasteiger partial charge < -0.3 is 10.6 Å². The molecule has 0 atom stereocenters. The van der Waals surface area contributed by atoms with Gasteiger partial charge in [0.05, 0.1) is 12.1 Å². The maximum Gasteiger partial charge on any atom is 0.239 e. The van der Waals surface area contributed by atoms with E-state index in [9.17, 15) is 4.79 Å². The third-order valence-electron chi connectivity index (χ3n) is 1.77. The number of carbonyl (C=O) groups is 1. The molecule has 5 heteroatoms. The van der Waals surface area contributed by atoms with Gasteiger partial charge in [0.25, 0.3) is 0 Å². The van der Waals surface area contributed by atoms with E-state index in [0.717, 1.165) is 0 Å². The van der Waals surface area contributed by atoms with E-state index < -0.39 is 0 Å². The quantitative estimate of drug-likeness (QED) is 0.709. The minimum atomic E-state index is -0.133. The molecular formula is C11H12N4O. The number of nitrogens with one attached hydrogen (secondary N) is 2. The first-order valence-electron chi connectivity index (χ1n) is 4.74. The highest BCUT2D eigenvalue weighted by Crippen LogP contribution is 2.02. The highest BCUT2D eigenvalue weighted by Gasteiger charge is 1.99. The van der Waals surface area contributed by atoms with Crippen molar-refractivity contribution in [1.29, 1.82) is 5.26 Å². The van der Waals surface area contributed by atoms with Gasteiger partial charge in [-0.25, -0.2) is 4.98 Å². The monoisotopic (exact) mass is 216 g/mol. The summed E-state index contributed by atoms with van der Waals surface area (Å²) >= 11 is 0. The number of nitriles is 1. The predicted octanol–water partition coefficient (Wildman–Crippen LogP) is 0.667. The normalized spacial score (nSPS) is 8.94. The van der Waals surface area contributed by atoms with Crippen molar-refractivity contribution < 1.29 is 4.79 Å². The first kappa shape index (κ1) is 11.7. The molecular weight excluding hydrogens is 204 g/mol. The number of rotatable bonds is 5. The molecule has 0 aromatic carbocycles. The first-order chi connectivity index (χ1) is 7.76. The van der Waals surface area contributed by atoms with Gasteiger partial charge in [-0.15, -0.1) is 6.58 Å². The van der Waals surface area contributed by atoms with Crippen molar-refractivity contribution in [1.82, 2.24) is 10.3 Å². The minimum absolute atomic E-state index is 0.133. The second kappa shape index (κ2) is 6.19. The Balaban J connectivity index is 2.40. The molecule has 5 nitrogen and oxygen atoms in total. The molecule has 0 radical (unpaired) electrons. The van der Waals surface area contributed by atoms with E-state index >= 15 is 0 Å². The first-order valence-corrected chi connectivity index (χ1v) is 4.74. The highest BCUT2D eigenvalue weighted by molar-refractivity contribution is 5.80. The van der Waals surface area contributed by atoms with Crippen LogP contribution in [0.1, 0.15) is 5.56 Å². The van der Waals surface area contributed by atoms with Gasteiger partial charge in [-0.2, -0.15) is 5.26 Å². The Bertz CT molecular complexity index is 405. The van der Waals surface area contributed by atoms with Crippen molar-refractivity contribution in [3.8, 4) is 6.07 Å². The van der Waals surface area contributed by atoms with Crippen LogP contribution in [0.2, 0.25) is 0 Å². The third-order valence-corrected chi connectivity index (χ3v) is 1.77. The Labute approximate surface area is 93.8 Å². The molecule has 0 aliphatic rings. The lowest BCUT2D eigenvalue weighted by atomic mass is 10.3. The van der Waals surface area contributed by atoms with Crippen molar-refractivity contribution in [2.45, 2.75) is 0 Å². The summed E-state index contributed by atoms with van der Waals surface area (Å²) in [4.78, 5) is 15.2. The average molecular weight is 216 g/mol. The second-order valence-electron chi connectivity index (χ2n) is 2.99. The van der Waals surface area contributed by atoms with Crippen LogP contribution >= 0.6 is 0 Å². The van der Waals surface area contributed by atoms with Crippen molar-refractivity contribution in [2.75, 3.05) is 18.4 Å². The number of aromatic nitrogens is 1. The zero-order chi connectivity index (χ0) is 11.8. The van der Waals surface area contributed by atoms with Gasteiger partial charge in [0, 0.05) is 12.7 Å². The van der Waals surface area contributed by atoms with Crippen LogP contribution in [-0.2, 0) is 4.79 Å². The Morgan fingerprint density at radius 1 is 1.62 bits per heavy atom. The maximum absolute atomic E-state index is 11.2. The molecule has 1 amide bonds. The van der Waals surface area contributed by atoms with E-state index in [2.05, 4.69) is 22.2 Å². The summed E-state index contributed by atoms with van der Waals surface area (Å²) in [5.74, 6) is 0.429. The zero-order valence-electron chi connectivity index (χ0n) is 8.73. The predicted molar refractivity (Wildman–Crippen MR) is 60.6 cm³/mol. The third kappa shape index (κ3) is 3.80. The molecule has 1 aromatic heterocycles. The van der Waals surface area contributed by atoms with Gasteiger partial charge in [-0.05, 0) is 12.1 Å². The van der Waals surface area contributed by atoms with Gasteiger partial charge in [0.2, 0.25) is 5.91 Å². The maximum atomic E-state index is 11.2. The average Bonchev–Trinajstić information content (AvgIpc) is 2.34. The lowest BCUT2D eigenvalue weighted by Crippen LogP contribution is -2.29. The molecule has 0 aliphatic heterocycles. The van der Waals surface area contributed by atoms with E-state index in [1.807, 2.05) is 6.07 Å². The second-order valence-corrected chi connectivity index (χ2v) is 2.99. The molecule has 0 bridgehead atoms. The number of hydrogen-bond acceptors (Lipinski definition) is 4. The van der Waals surface area contributed by atoms with Crippen LogP contribution in [0.4, 0.5) is 5.82 Å². The van der Waals surface area contributed by atoms with Crippen LogP contribution in [0, 0.1) is 11.3 Å². The topological polar surface area (TPSA) is 77.8 Å². The number of anilines is 1. The molecule has 0 saturated carbocycles. The summed E-state index contributed by atoms with van der Waals surface area (Å²) in [6.45, 7) is 4.08. The van der Waals surface area contributed by atoms with Crippen molar-refractivity contribution >= 4 is 11.7 Å². The Morgan fingerprint density at radius 2 is 2.44 bits per heavy atom. The molecule has 0 aliphatic carbocycles. The Kier molecular flexibility index (Phi) is 4.54. The molecule has 1 aromatic rings. The molecule has 0 spiro atoms. The molecule has 0 saturated heterocycles. The molecule has 1 rings (SSSR count). The number of nitrogens with zero attached hydrogens (tertiary/aromatic N) is 2. The molecule has 1 heterocycles. The van der Waals surface area contributed by atoms with Gasteiger partial charge in [0.15, 0.2) is 0 Å². The zero-order valence-corrected chi connectivity index (χ0v) is 8.73. The summed E-state index contributed by atoms with van der Waals surface area (Å²) in [5.41, 5.74) is 0.488. The number of pyridine rings is 1. The van der Waals surface area contributed by atoms with E-state index in [1.165, 1.54) is 6.20 Å². The van der Waals surface area contributed by atoms with Gasteiger partial charge >= 0.3 is 0 Å². The molecule has 2 N–H and O–H groups in total. The fourth-order valence-corrected chi connectivity index (χ4v) is 0.984. The fourth-order valence-electron chi connectivity index (χ4n) is 0.984. The summed E-state index contributed by atoms with van der Waals surface area (Å²) in [5, 5.41) is 14.0. The SMILES string of the molecule is C=CCNC(=O)CNc1ccc(C#N)cn1. The Hall–Kier alpha value is -2.35. The van der Waals surface area contributed by atoms with Crippen LogP contribution in [0.5, 0.6) is 0 Å². The van der Waals surface area contributed by atoms with Crippen LogP contribution in [0.25, 0.3) is 0 Å². The summed E-state index contributed by atoms with van der Waals surface area (Å²) in [6, 6.07) is 5.25. The summed E-state index contributed by atoms with van der Waals surface area (Å²) in [7, 11) is 0. The number of carbonyl (C=O) groups excluding carboxylic acids is 1. The van der Waals surface area contributed by atoms with Gasteiger partial charge in [-0.3, -0.25) is 4.79 Å². The molecule has 82 valence electrons. The molecule has 16 heavy (non-hydrogen) atoms. The van der Waals surface area contributed by atoms with Crippen molar-refractivity contribution in [2.24, 2.45) is 0 Å². The smallest absolute Gasteiger partial charge is 0.239 e. The number of amides is 1. The Morgan fingerprint density at radius 3 is 3.00 bits per heavy atom. The van der Waals surface area contributed by atoms with Crippen LogP contribution in [0.15, 0.2) is 31.0 Å². The van der Waals surface area contributed by atoms with Crippen LogP contribution < -0.4 is 10.6 Å². The van der Waals surface area contributed by atoms with E-state index in [0.29, 0.717) is 17.9 Å². The van der Waals surface area contributed by atoms with Crippen molar-refractivity contribution in [3.63, 3.8) is 0 Å². The summed E-state index contributed by atoms with van der Waals surface area (Å²) < 4.78 is 0. The largest absolute Gasteiger partial charge is 0.361 e. The summed E-state index contributed by atoms with van der Waals surface area (Å²) in [6.07, 6.45) is 3.06. The van der Waals surface area contributed by atoms with Crippen LogP contribution in [0.3, 0.4) is 0 Å². The van der Waals surface area contributed by atoms with Crippen LogP contribution in [-0.4, -0.2) is 24.0 Å². The fraction of sp³-hybridized carbons (Fsp3) is 0.182.